The average molecular weight is 542 g/mol. The van der Waals surface area contributed by atoms with E-state index in [1.807, 2.05) is 0 Å². The Labute approximate surface area is 214 Å². The Bertz CT molecular complexity index is 1250. The minimum atomic E-state index is -5.08. The number of halogens is 6. The number of carbonyl (C=O) groups is 2. The van der Waals surface area contributed by atoms with Crippen molar-refractivity contribution in [3.8, 4) is 0 Å². The summed E-state index contributed by atoms with van der Waals surface area (Å²) in [6, 6.07) is 9.40. The topological polar surface area (TPSA) is 97.0 Å². The van der Waals surface area contributed by atoms with Crippen molar-refractivity contribution in [1.29, 1.82) is 0 Å². The summed E-state index contributed by atoms with van der Waals surface area (Å²) < 4.78 is 84.9. The number of allylic oxidation sites excluding steroid dienone is 1. The number of hydrogen-bond donors (Lipinski definition) is 2. The molecule has 13 heteroatoms. The molecule has 1 aliphatic heterocycles. The van der Waals surface area contributed by atoms with Gasteiger partial charge in [0, 0.05) is 13.1 Å². The van der Waals surface area contributed by atoms with Crippen LogP contribution < -0.4 is 11.1 Å². The number of nitrogens with two attached hydrogens (primary N) is 1. The summed E-state index contributed by atoms with van der Waals surface area (Å²) in [7, 11) is 1.21. The minimum Gasteiger partial charge on any atom is -0.465 e. The SMILES string of the molecule is COC(=O)c1ccc(C(C)NC(=O)C(C2=NCCN2Cc2cccc(C(F)(F)F)c2)=C(N)C(F)(F)F)cc1. The fourth-order valence-corrected chi connectivity index (χ4v) is 3.80. The molecule has 0 fully saturated rings. The van der Waals surface area contributed by atoms with Gasteiger partial charge in [-0.15, -0.1) is 0 Å². The van der Waals surface area contributed by atoms with Crippen LogP contribution in [0.3, 0.4) is 0 Å². The molecule has 1 aliphatic rings. The smallest absolute Gasteiger partial charge is 0.431 e. The lowest BCUT2D eigenvalue weighted by molar-refractivity contribution is -0.137. The van der Waals surface area contributed by atoms with Gasteiger partial charge in [0.25, 0.3) is 5.91 Å². The highest BCUT2D eigenvalue weighted by Gasteiger charge is 2.40. The maximum Gasteiger partial charge on any atom is 0.431 e. The van der Waals surface area contributed by atoms with Crippen molar-refractivity contribution in [2.45, 2.75) is 31.9 Å². The van der Waals surface area contributed by atoms with Gasteiger partial charge in [0.15, 0.2) is 0 Å². The number of benzene rings is 2. The molecule has 1 heterocycles. The standard InChI is InChI=1S/C25H24F6N4O3/c1-14(16-6-8-17(9-7-16)23(37)38-2)34-22(36)19(20(32)25(29,30)31)21-33-10-11-35(21)13-15-4-3-5-18(12-15)24(26,27)28/h3-9,12,14H,10-11,13,32H2,1-2H3,(H,34,36). The van der Waals surface area contributed by atoms with Crippen molar-refractivity contribution in [2.75, 3.05) is 20.2 Å². The quantitative estimate of drug-likeness (QED) is 0.308. The molecule has 0 saturated heterocycles. The number of methoxy groups -OCH3 is 1. The molecule has 0 bridgehead atoms. The lowest BCUT2D eigenvalue weighted by atomic mass is 10.0. The molecule has 0 radical (unpaired) electrons. The van der Waals surface area contributed by atoms with Gasteiger partial charge in [0.05, 0.1) is 30.8 Å². The Hall–Kier alpha value is -4.03. The van der Waals surface area contributed by atoms with Crippen molar-refractivity contribution in [1.82, 2.24) is 10.2 Å². The molecule has 0 spiro atoms. The number of rotatable bonds is 7. The van der Waals surface area contributed by atoms with Crippen LogP contribution in [0.5, 0.6) is 0 Å². The van der Waals surface area contributed by atoms with Crippen LogP contribution in [0.2, 0.25) is 0 Å². The van der Waals surface area contributed by atoms with Crippen molar-refractivity contribution >= 4 is 17.7 Å². The molecule has 0 saturated carbocycles. The van der Waals surface area contributed by atoms with Gasteiger partial charge in [-0.1, -0.05) is 24.3 Å². The van der Waals surface area contributed by atoms with Gasteiger partial charge in [-0.25, -0.2) is 4.79 Å². The number of hydrogen-bond acceptors (Lipinski definition) is 6. The van der Waals surface area contributed by atoms with Crippen molar-refractivity contribution in [2.24, 2.45) is 10.7 Å². The second kappa shape index (κ2) is 11.2. The fourth-order valence-electron chi connectivity index (χ4n) is 3.80. The first-order valence-corrected chi connectivity index (χ1v) is 11.2. The summed E-state index contributed by atoms with van der Waals surface area (Å²) >= 11 is 0. The van der Waals surface area contributed by atoms with Crippen LogP contribution >= 0.6 is 0 Å². The molecule has 0 aliphatic carbocycles. The van der Waals surface area contributed by atoms with E-state index in [1.165, 1.54) is 55.3 Å². The first-order valence-electron chi connectivity index (χ1n) is 11.2. The summed E-state index contributed by atoms with van der Waals surface area (Å²) in [5.41, 5.74) is 2.74. The third kappa shape index (κ3) is 6.64. The van der Waals surface area contributed by atoms with E-state index in [2.05, 4.69) is 15.0 Å². The predicted molar refractivity (Wildman–Crippen MR) is 126 cm³/mol. The van der Waals surface area contributed by atoms with Gasteiger partial charge >= 0.3 is 18.3 Å². The fraction of sp³-hybridized carbons (Fsp3) is 0.320. The minimum absolute atomic E-state index is 0.0146. The van der Waals surface area contributed by atoms with Gasteiger partial charge < -0.3 is 20.7 Å². The number of amides is 1. The molecule has 2 aromatic rings. The molecule has 1 unspecified atom stereocenters. The molecular weight excluding hydrogens is 518 g/mol. The molecule has 3 N–H and O–H groups in total. The van der Waals surface area contributed by atoms with Crippen LogP contribution in [0, 0.1) is 0 Å². The highest BCUT2D eigenvalue weighted by Crippen LogP contribution is 2.31. The Morgan fingerprint density at radius 2 is 1.76 bits per heavy atom. The summed E-state index contributed by atoms with van der Waals surface area (Å²) in [5, 5.41) is 2.45. The molecule has 38 heavy (non-hydrogen) atoms. The molecule has 3 rings (SSSR count). The van der Waals surface area contributed by atoms with Gasteiger partial charge in [-0.3, -0.25) is 9.79 Å². The summed E-state index contributed by atoms with van der Waals surface area (Å²) in [4.78, 5) is 30.1. The summed E-state index contributed by atoms with van der Waals surface area (Å²) in [5.74, 6) is -2.13. The lowest BCUT2D eigenvalue weighted by Crippen LogP contribution is -2.40. The number of nitrogens with one attached hydrogen (secondary N) is 1. The monoisotopic (exact) mass is 542 g/mol. The van der Waals surface area contributed by atoms with Gasteiger partial charge in [0.2, 0.25) is 0 Å². The van der Waals surface area contributed by atoms with Crippen molar-refractivity contribution < 1.29 is 40.7 Å². The number of ether oxygens (including phenoxy) is 1. The van der Waals surface area contributed by atoms with E-state index >= 15 is 0 Å². The first kappa shape index (κ1) is 28.5. The molecule has 1 amide bonds. The molecule has 1 atom stereocenters. The van der Waals surface area contributed by atoms with E-state index in [1.54, 1.807) is 0 Å². The van der Waals surface area contributed by atoms with Crippen LogP contribution in [0.25, 0.3) is 0 Å². The maximum atomic E-state index is 13.7. The largest absolute Gasteiger partial charge is 0.465 e. The van der Waals surface area contributed by atoms with E-state index in [-0.39, 0.29) is 36.6 Å². The molecule has 2 aromatic carbocycles. The number of amidine groups is 1. The Morgan fingerprint density at radius 1 is 1.11 bits per heavy atom. The Kier molecular flexibility index (Phi) is 8.38. The second-order valence-electron chi connectivity index (χ2n) is 8.42. The number of esters is 1. The predicted octanol–water partition coefficient (Wildman–Crippen LogP) is 4.36. The zero-order valence-electron chi connectivity index (χ0n) is 20.3. The van der Waals surface area contributed by atoms with Crippen molar-refractivity contribution in [3.05, 3.63) is 82.1 Å². The van der Waals surface area contributed by atoms with E-state index in [0.29, 0.717) is 5.56 Å². The van der Waals surface area contributed by atoms with Crippen LogP contribution in [0.4, 0.5) is 26.3 Å². The second-order valence-corrected chi connectivity index (χ2v) is 8.42. The summed E-state index contributed by atoms with van der Waals surface area (Å²) in [6.45, 7) is 1.37. The number of aliphatic imine (C=N–C) groups is 1. The lowest BCUT2D eigenvalue weighted by Gasteiger charge is -2.25. The normalized spacial score (nSPS) is 15.5. The molecule has 0 aromatic heterocycles. The average Bonchev–Trinajstić information content (AvgIpc) is 3.30. The molecular formula is C25H24F6N4O3. The van der Waals surface area contributed by atoms with E-state index in [4.69, 9.17) is 5.73 Å². The highest BCUT2D eigenvalue weighted by atomic mass is 19.4. The van der Waals surface area contributed by atoms with Crippen LogP contribution in [0.1, 0.15) is 40.0 Å². The molecule has 7 nitrogen and oxygen atoms in total. The third-order valence-electron chi connectivity index (χ3n) is 5.76. The zero-order valence-corrected chi connectivity index (χ0v) is 20.3. The van der Waals surface area contributed by atoms with Crippen LogP contribution in [-0.4, -0.2) is 49.0 Å². The van der Waals surface area contributed by atoms with Gasteiger partial charge in [-0.2, -0.15) is 26.3 Å². The first-order chi connectivity index (χ1) is 17.7. The zero-order chi connectivity index (χ0) is 28.3. The van der Waals surface area contributed by atoms with E-state index < -0.39 is 47.1 Å². The highest BCUT2D eigenvalue weighted by molar-refractivity contribution is 6.21. The van der Waals surface area contributed by atoms with Crippen LogP contribution in [-0.2, 0) is 22.3 Å². The Morgan fingerprint density at radius 3 is 2.34 bits per heavy atom. The van der Waals surface area contributed by atoms with Crippen molar-refractivity contribution in [3.63, 3.8) is 0 Å². The van der Waals surface area contributed by atoms with E-state index in [9.17, 15) is 35.9 Å². The molecule has 204 valence electrons. The van der Waals surface area contributed by atoms with Crippen LogP contribution in [0.15, 0.2) is 64.8 Å². The van der Waals surface area contributed by atoms with Gasteiger partial charge in [0.1, 0.15) is 17.1 Å². The van der Waals surface area contributed by atoms with Gasteiger partial charge in [-0.05, 0) is 42.3 Å². The number of alkyl halides is 6. The Balaban J connectivity index is 1.88. The number of carbonyl (C=O) groups excluding carboxylic acids is 2. The number of nitrogens with zero attached hydrogens (tertiary/aromatic N) is 2. The third-order valence-corrected chi connectivity index (χ3v) is 5.76. The van der Waals surface area contributed by atoms with E-state index in [0.717, 1.165) is 12.1 Å². The maximum absolute atomic E-state index is 13.7. The summed E-state index contributed by atoms with van der Waals surface area (Å²) in [6.07, 6.45) is -9.68.